The summed E-state index contributed by atoms with van der Waals surface area (Å²) in [7, 11) is 0. The lowest BCUT2D eigenvalue weighted by Crippen LogP contribution is -2.37. The first-order valence-corrected chi connectivity index (χ1v) is 10.2. The van der Waals surface area contributed by atoms with Gasteiger partial charge in [-0.25, -0.2) is 0 Å². The van der Waals surface area contributed by atoms with Gasteiger partial charge in [0.2, 0.25) is 12.7 Å². The monoisotopic (exact) mass is 425 g/mol. The van der Waals surface area contributed by atoms with Crippen LogP contribution in [0.3, 0.4) is 0 Å². The third-order valence-electron chi connectivity index (χ3n) is 4.59. The number of aromatic nitrogens is 1. The molecule has 1 saturated heterocycles. The molecule has 2 aromatic rings. The van der Waals surface area contributed by atoms with Gasteiger partial charge in [0.15, 0.2) is 11.5 Å². The number of benzene rings is 1. The Balaban J connectivity index is 1.24. The summed E-state index contributed by atoms with van der Waals surface area (Å²) in [5.41, 5.74) is 1.72. The van der Waals surface area contributed by atoms with Crippen molar-refractivity contribution in [1.29, 1.82) is 0 Å². The number of hydrogen-bond acceptors (Lipinski definition) is 7. The Labute approximate surface area is 177 Å². The largest absolute Gasteiger partial charge is 0.454 e. The zero-order valence-electron chi connectivity index (χ0n) is 16.0. The molecule has 1 fully saturated rings. The molecule has 0 bridgehead atoms. The molecule has 2 aliphatic rings. The highest BCUT2D eigenvalue weighted by Gasteiger charge is 2.34. The second kappa shape index (κ2) is 9.00. The highest BCUT2D eigenvalue weighted by molar-refractivity contribution is 8.18. The predicted molar refractivity (Wildman–Crippen MR) is 111 cm³/mol. The van der Waals surface area contributed by atoms with Gasteiger partial charge in [-0.1, -0.05) is 12.1 Å². The average molecular weight is 425 g/mol. The van der Waals surface area contributed by atoms with E-state index in [1.165, 1.54) is 0 Å². The van der Waals surface area contributed by atoms with Crippen LogP contribution in [-0.4, -0.2) is 46.8 Å². The van der Waals surface area contributed by atoms with E-state index in [0.29, 0.717) is 29.2 Å². The molecule has 2 aliphatic heterocycles. The minimum absolute atomic E-state index is 0.130. The summed E-state index contributed by atoms with van der Waals surface area (Å²) in [5, 5.41) is 2.42. The highest BCUT2D eigenvalue weighted by Crippen LogP contribution is 2.33. The first kappa shape index (κ1) is 20.0. The number of imide groups is 1. The molecule has 1 N–H and O–H groups in total. The van der Waals surface area contributed by atoms with E-state index < -0.39 is 0 Å². The second-order valence-corrected chi connectivity index (χ2v) is 7.65. The van der Waals surface area contributed by atoms with Gasteiger partial charge in [-0.2, -0.15) is 0 Å². The molecule has 0 saturated carbocycles. The van der Waals surface area contributed by atoms with E-state index in [0.717, 1.165) is 27.8 Å². The molecule has 0 atom stereocenters. The van der Waals surface area contributed by atoms with Crippen molar-refractivity contribution < 1.29 is 23.9 Å². The van der Waals surface area contributed by atoms with Crippen LogP contribution >= 0.6 is 11.8 Å². The van der Waals surface area contributed by atoms with Crippen LogP contribution in [-0.2, 0) is 16.0 Å². The van der Waals surface area contributed by atoms with Crippen molar-refractivity contribution in [3.63, 3.8) is 0 Å². The molecule has 0 spiro atoms. The number of aryl methyl sites for hydroxylation is 1. The molecule has 1 aromatic heterocycles. The minimum Gasteiger partial charge on any atom is -0.454 e. The molecule has 0 unspecified atom stereocenters. The van der Waals surface area contributed by atoms with Crippen LogP contribution in [0.1, 0.15) is 17.5 Å². The van der Waals surface area contributed by atoms with Crippen LogP contribution in [0.25, 0.3) is 6.08 Å². The number of amides is 3. The number of rotatable bonds is 7. The van der Waals surface area contributed by atoms with Crippen molar-refractivity contribution >= 4 is 34.9 Å². The molecule has 1 aromatic carbocycles. The van der Waals surface area contributed by atoms with Crippen molar-refractivity contribution in [2.45, 2.75) is 12.8 Å². The standard InChI is InChI=1S/C21H19N3O5S/c25-19(6-4-14-3-5-16-17(10-14)29-13-28-16)23-8-9-24-20(26)18(30-21(24)27)11-15-2-1-7-22-12-15/h1-3,5,7,10-12H,4,6,8-9,13H2,(H,23,25). The Bertz CT molecular complexity index is 1010. The van der Waals surface area contributed by atoms with E-state index in [4.69, 9.17) is 9.47 Å². The van der Waals surface area contributed by atoms with Gasteiger partial charge in [-0.05, 0) is 53.6 Å². The number of pyridine rings is 1. The maximum absolute atomic E-state index is 12.5. The fraction of sp³-hybridized carbons (Fsp3) is 0.238. The Kier molecular flexibility index (Phi) is 5.99. The quantitative estimate of drug-likeness (QED) is 0.681. The van der Waals surface area contributed by atoms with Crippen LogP contribution in [0, 0.1) is 0 Å². The topological polar surface area (TPSA) is 97.8 Å². The number of ether oxygens (including phenoxy) is 2. The van der Waals surface area contributed by atoms with Crippen LogP contribution < -0.4 is 14.8 Å². The van der Waals surface area contributed by atoms with Gasteiger partial charge < -0.3 is 14.8 Å². The Morgan fingerprint density at radius 2 is 2.10 bits per heavy atom. The van der Waals surface area contributed by atoms with E-state index in [2.05, 4.69) is 10.3 Å². The van der Waals surface area contributed by atoms with Crippen molar-refractivity contribution in [2.24, 2.45) is 0 Å². The Morgan fingerprint density at radius 3 is 2.93 bits per heavy atom. The molecular formula is C21H19N3O5S. The molecule has 0 aliphatic carbocycles. The number of nitrogens with zero attached hydrogens (tertiary/aromatic N) is 2. The van der Waals surface area contributed by atoms with Crippen molar-refractivity contribution in [1.82, 2.24) is 15.2 Å². The van der Waals surface area contributed by atoms with Gasteiger partial charge in [0.25, 0.3) is 11.1 Å². The van der Waals surface area contributed by atoms with Gasteiger partial charge in [0.1, 0.15) is 0 Å². The third kappa shape index (κ3) is 4.62. The number of thioether (sulfide) groups is 1. The average Bonchev–Trinajstić information content (AvgIpc) is 3.32. The van der Waals surface area contributed by atoms with Crippen LogP contribution in [0.5, 0.6) is 11.5 Å². The molecule has 0 radical (unpaired) electrons. The Morgan fingerprint density at radius 1 is 1.23 bits per heavy atom. The van der Waals surface area contributed by atoms with Gasteiger partial charge in [-0.3, -0.25) is 24.3 Å². The second-order valence-electron chi connectivity index (χ2n) is 6.66. The molecule has 154 valence electrons. The fourth-order valence-electron chi connectivity index (χ4n) is 3.06. The zero-order chi connectivity index (χ0) is 20.9. The summed E-state index contributed by atoms with van der Waals surface area (Å²) < 4.78 is 10.6. The SMILES string of the molecule is O=C(CCc1ccc2c(c1)OCO2)NCCN1C(=O)SC(=Cc2cccnc2)C1=O. The molecule has 3 heterocycles. The van der Waals surface area contributed by atoms with Gasteiger partial charge in [0.05, 0.1) is 4.91 Å². The minimum atomic E-state index is -0.358. The molecule has 3 amide bonds. The number of fused-ring (bicyclic) bond motifs is 1. The lowest BCUT2D eigenvalue weighted by atomic mass is 10.1. The molecule has 4 rings (SSSR count). The zero-order valence-corrected chi connectivity index (χ0v) is 16.8. The number of carbonyl (C=O) groups is 3. The smallest absolute Gasteiger partial charge is 0.293 e. The normalized spacial score (nSPS) is 16.4. The van der Waals surface area contributed by atoms with Crippen molar-refractivity contribution in [2.75, 3.05) is 19.9 Å². The summed E-state index contributed by atoms with van der Waals surface area (Å²) >= 11 is 0.889. The summed E-state index contributed by atoms with van der Waals surface area (Å²) in [6.45, 7) is 0.549. The fourth-order valence-corrected chi connectivity index (χ4v) is 3.92. The predicted octanol–water partition coefficient (Wildman–Crippen LogP) is 2.60. The van der Waals surface area contributed by atoms with Crippen molar-refractivity contribution in [3.05, 3.63) is 58.8 Å². The summed E-state index contributed by atoms with van der Waals surface area (Å²) in [6.07, 6.45) is 5.74. The van der Waals surface area contributed by atoms with Gasteiger partial charge in [-0.15, -0.1) is 0 Å². The first-order chi connectivity index (χ1) is 14.6. The van der Waals surface area contributed by atoms with Crippen LogP contribution in [0.2, 0.25) is 0 Å². The maximum atomic E-state index is 12.5. The van der Waals surface area contributed by atoms with E-state index in [-0.39, 0.29) is 36.9 Å². The van der Waals surface area contributed by atoms with E-state index in [9.17, 15) is 14.4 Å². The maximum Gasteiger partial charge on any atom is 0.293 e. The van der Waals surface area contributed by atoms with Crippen LogP contribution in [0.15, 0.2) is 47.6 Å². The van der Waals surface area contributed by atoms with Gasteiger partial charge >= 0.3 is 0 Å². The van der Waals surface area contributed by atoms with Crippen LogP contribution in [0.4, 0.5) is 4.79 Å². The number of hydrogen-bond donors (Lipinski definition) is 1. The van der Waals surface area contributed by atoms with E-state index in [1.54, 1.807) is 30.6 Å². The van der Waals surface area contributed by atoms with Crippen molar-refractivity contribution in [3.8, 4) is 11.5 Å². The molecule has 30 heavy (non-hydrogen) atoms. The molecular weight excluding hydrogens is 406 g/mol. The van der Waals surface area contributed by atoms with E-state index >= 15 is 0 Å². The molecule has 9 heteroatoms. The highest BCUT2D eigenvalue weighted by atomic mass is 32.2. The van der Waals surface area contributed by atoms with E-state index in [1.807, 2.05) is 18.2 Å². The third-order valence-corrected chi connectivity index (χ3v) is 5.50. The summed E-state index contributed by atoms with van der Waals surface area (Å²) in [5.74, 6) is 0.888. The lowest BCUT2D eigenvalue weighted by molar-refractivity contribution is -0.124. The number of nitrogens with one attached hydrogen (secondary N) is 1. The summed E-state index contributed by atoms with van der Waals surface area (Å²) in [6, 6.07) is 9.16. The summed E-state index contributed by atoms with van der Waals surface area (Å²) in [4.78, 5) is 42.2. The van der Waals surface area contributed by atoms with Gasteiger partial charge in [0, 0.05) is 31.9 Å². The Hall–Kier alpha value is -3.33. The molecule has 8 nitrogen and oxygen atoms in total. The number of carbonyl (C=O) groups excluding carboxylic acids is 3. The lowest BCUT2D eigenvalue weighted by Gasteiger charge is -2.13. The first-order valence-electron chi connectivity index (χ1n) is 9.41.